The zero-order chi connectivity index (χ0) is 18.1. The van der Waals surface area contributed by atoms with Gasteiger partial charge in [0.2, 0.25) is 5.91 Å². The number of imide groups is 1. The highest BCUT2D eigenvalue weighted by molar-refractivity contribution is 6.08. The SMILES string of the molecule is CN1C(=O)N(CC(=O)NCC2(C)CCNCC2)C(=O)C12CCCCC2.Cl. The molecule has 0 radical (unpaired) electrons. The summed E-state index contributed by atoms with van der Waals surface area (Å²) in [6.45, 7) is 4.51. The van der Waals surface area contributed by atoms with Crippen molar-refractivity contribution in [1.82, 2.24) is 20.4 Å². The molecule has 0 atom stereocenters. The van der Waals surface area contributed by atoms with E-state index in [0.717, 1.165) is 50.1 Å². The van der Waals surface area contributed by atoms with Gasteiger partial charge in [0.05, 0.1) is 0 Å². The van der Waals surface area contributed by atoms with Crippen LogP contribution in [0.3, 0.4) is 0 Å². The number of urea groups is 1. The van der Waals surface area contributed by atoms with Crippen molar-refractivity contribution < 1.29 is 14.4 Å². The Morgan fingerprint density at radius 2 is 1.73 bits per heavy atom. The van der Waals surface area contributed by atoms with Gasteiger partial charge in [0.1, 0.15) is 12.1 Å². The number of hydrogen-bond acceptors (Lipinski definition) is 4. The highest BCUT2D eigenvalue weighted by atomic mass is 35.5. The molecule has 3 fully saturated rings. The first-order valence-corrected chi connectivity index (χ1v) is 9.45. The topological polar surface area (TPSA) is 81.8 Å². The van der Waals surface area contributed by atoms with Gasteiger partial charge in [-0.3, -0.25) is 14.5 Å². The molecule has 8 heteroatoms. The quantitative estimate of drug-likeness (QED) is 0.717. The summed E-state index contributed by atoms with van der Waals surface area (Å²) in [6.07, 6.45) is 6.45. The number of amides is 4. The lowest BCUT2D eigenvalue weighted by Gasteiger charge is -2.35. The molecule has 2 N–H and O–H groups in total. The third kappa shape index (κ3) is 3.83. The summed E-state index contributed by atoms with van der Waals surface area (Å²) in [5.74, 6) is -0.439. The van der Waals surface area contributed by atoms with Gasteiger partial charge >= 0.3 is 6.03 Å². The molecule has 0 bridgehead atoms. The maximum Gasteiger partial charge on any atom is 0.327 e. The predicted molar refractivity (Wildman–Crippen MR) is 101 cm³/mol. The van der Waals surface area contributed by atoms with E-state index in [2.05, 4.69) is 17.6 Å². The Labute approximate surface area is 161 Å². The van der Waals surface area contributed by atoms with Gasteiger partial charge in [-0.15, -0.1) is 12.4 Å². The van der Waals surface area contributed by atoms with Crippen LogP contribution in [0.15, 0.2) is 0 Å². The zero-order valence-electron chi connectivity index (χ0n) is 15.8. The van der Waals surface area contributed by atoms with Gasteiger partial charge in [-0.05, 0) is 44.2 Å². The largest absolute Gasteiger partial charge is 0.354 e. The van der Waals surface area contributed by atoms with Crippen molar-refractivity contribution in [1.29, 1.82) is 0 Å². The summed E-state index contributed by atoms with van der Waals surface area (Å²) < 4.78 is 0. The summed E-state index contributed by atoms with van der Waals surface area (Å²) in [6, 6.07) is -0.338. The molecule has 1 aliphatic carbocycles. The van der Waals surface area contributed by atoms with Gasteiger partial charge in [-0.25, -0.2) is 4.79 Å². The molecular weight excluding hydrogens is 356 g/mol. The van der Waals surface area contributed by atoms with E-state index in [-0.39, 0.29) is 42.2 Å². The average Bonchev–Trinajstić information content (AvgIpc) is 2.78. The van der Waals surface area contributed by atoms with Crippen molar-refractivity contribution in [2.45, 2.75) is 57.4 Å². The maximum absolute atomic E-state index is 12.9. The van der Waals surface area contributed by atoms with E-state index in [4.69, 9.17) is 0 Å². The lowest BCUT2D eigenvalue weighted by atomic mass is 9.80. The minimum atomic E-state index is -0.712. The van der Waals surface area contributed by atoms with Crippen molar-refractivity contribution in [3.63, 3.8) is 0 Å². The number of nitrogens with one attached hydrogen (secondary N) is 2. The summed E-state index contributed by atoms with van der Waals surface area (Å²) in [5.41, 5.74) is -0.627. The standard InChI is InChI=1S/C18H30N4O3.ClH/c1-17(8-10-19-11-9-17)13-20-14(23)12-22-15(24)18(21(2)16(22)25)6-4-3-5-7-18;/h19H,3-13H2,1-2H3,(H,20,23);1H. The second kappa shape index (κ2) is 8.13. The van der Waals surface area contributed by atoms with Crippen LogP contribution in [0.1, 0.15) is 51.9 Å². The molecular formula is C18H31ClN4O3. The normalized spacial score (nSPS) is 24.5. The molecule has 26 heavy (non-hydrogen) atoms. The monoisotopic (exact) mass is 386 g/mol. The summed E-state index contributed by atoms with van der Waals surface area (Å²) in [5, 5.41) is 6.26. The van der Waals surface area contributed by atoms with Crippen LogP contribution in [0.4, 0.5) is 4.79 Å². The van der Waals surface area contributed by atoms with Crippen LogP contribution in [0.5, 0.6) is 0 Å². The molecule has 0 aromatic rings. The Bertz CT molecular complexity index is 557. The first-order valence-electron chi connectivity index (χ1n) is 9.45. The van der Waals surface area contributed by atoms with Crippen molar-refractivity contribution in [3.8, 4) is 0 Å². The van der Waals surface area contributed by atoms with Gasteiger partial charge in [-0.2, -0.15) is 0 Å². The molecule has 0 unspecified atom stereocenters. The third-order valence-corrected chi connectivity index (χ3v) is 6.31. The first-order chi connectivity index (χ1) is 11.9. The third-order valence-electron chi connectivity index (χ3n) is 6.31. The molecule has 0 aromatic heterocycles. The second-order valence-corrected chi connectivity index (χ2v) is 8.16. The number of hydrogen-bond donors (Lipinski definition) is 2. The minimum absolute atomic E-state index is 0. The molecule has 7 nitrogen and oxygen atoms in total. The number of likely N-dealkylation sites (N-methyl/N-ethyl adjacent to an activating group) is 1. The molecule has 1 saturated carbocycles. The van der Waals surface area contributed by atoms with E-state index in [9.17, 15) is 14.4 Å². The van der Waals surface area contributed by atoms with Crippen LogP contribution in [0, 0.1) is 5.41 Å². The van der Waals surface area contributed by atoms with Crippen LogP contribution < -0.4 is 10.6 Å². The summed E-state index contributed by atoms with van der Waals surface area (Å²) in [7, 11) is 1.69. The van der Waals surface area contributed by atoms with Gasteiger partial charge in [0.25, 0.3) is 5.91 Å². The lowest BCUT2D eigenvalue weighted by molar-refractivity contribution is -0.137. The van der Waals surface area contributed by atoms with Crippen LogP contribution in [-0.4, -0.2) is 66.4 Å². The average molecular weight is 387 g/mol. The van der Waals surface area contributed by atoms with Gasteiger partial charge in [0.15, 0.2) is 0 Å². The molecule has 3 rings (SSSR count). The first kappa shape index (κ1) is 21.0. The van der Waals surface area contributed by atoms with Crippen molar-refractivity contribution in [3.05, 3.63) is 0 Å². The van der Waals surface area contributed by atoms with Crippen molar-refractivity contribution >= 4 is 30.3 Å². The van der Waals surface area contributed by atoms with Gasteiger partial charge in [0, 0.05) is 13.6 Å². The molecule has 1 spiro atoms. The summed E-state index contributed by atoms with van der Waals surface area (Å²) in [4.78, 5) is 40.5. The second-order valence-electron chi connectivity index (χ2n) is 8.16. The molecule has 2 heterocycles. The molecule has 3 aliphatic rings. The number of carbonyl (C=O) groups excluding carboxylic acids is 3. The Hall–Kier alpha value is -1.34. The minimum Gasteiger partial charge on any atom is -0.354 e. The van der Waals surface area contributed by atoms with Crippen LogP contribution in [0.25, 0.3) is 0 Å². The molecule has 2 saturated heterocycles. The highest BCUT2D eigenvalue weighted by Crippen LogP contribution is 2.39. The smallest absolute Gasteiger partial charge is 0.327 e. The Morgan fingerprint density at radius 1 is 1.12 bits per heavy atom. The predicted octanol–water partition coefficient (Wildman–Crippen LogP) is 1.51. The van der Waals surface area contributed by atoms with E-state index < -0.39 is 5.54 Å². The Morgan fingerprint density at radius 3 is 2.35 bits per heavy atom. The molecule has 148 valence electrons. The number of nitrogens with zero attached hydrogens (tertiary/aromatic N) is 2. The van der Waals surface area contributed by atoms with Crippen molar-refractivity contribution in [2.75, 3.05) is 33.2 Å². The van der Waals surface area contributed by atoms with Gasteiger partial charge in [-0.1, -0.05) is 26.2 Å². The van der Waals surface area contributed by atoms with E-state index in [1.165, 1.54) is 0 Å². The fourth-order valence-corrected chi connectivity index (χ4v) is 4.39. The van der Waals surface area contributed by atoms with E-state index >= 15 is 0 Å². The lowest BCUT2D eigenvalue weighted by Crippen LogP contribution is -2.50. The summed E-state index contributed by atoms with van der Waals surface area (Å²) >= 11 is 0. The fourth-order valence-electron chi connectivity index (χ4n) is 4.39. The Balaban J connectivity index is 0.00000243. The van der Waals surface area contributed by atoms with Crippen LogP contribution in [0.2, 0.25) is 0 Å². The van der Waals surface area contributed by atoms with Crippen LogP contribution in [-0.2, 0) is 9.59 Å². The van der Waals surface area contributed by atoms with E-state index in [1.807, 2.05) is 0 Å². The number of halogens is 1. The highest BCUT2D eigenvalue weighted by Gasteiger charge is 2.55. The zero-order valence-corrected chi connectivity index (χ0v) is 16.6. The van der Waals surface area contributed by atoms with Gasteiger partial charge < -0.3 is 15.5 Å². The molecule has 4 amide bonds. The maximum atomic E-state index is 12.9. The van der Waals surface area contributed by atoms with E-state index in [1.54, 1.807) is 11.9 Å². The number of rotatable bonds is 4. The molecule has 0 aromatic carbocycles. The Kier molecular flexibility index (Phi) is 6.55. The fraction of sp³-hybridized carbons (Fsp3) is 0.833. The molecule has 2 aliphatic heterocycles. The number of piperidine rings is 1. The van der Waals surface area contributed by atoms with Crippen molar-refractivity contribution in [2.24, 2.45) is 5.41 Å². The van der Waals surface area contributed by atoms with Crippen LogP contribution >= 0.6 is 12.4 Å². The number of carbonyl (C=O) groups is 3. The van der Waals surface area contributed by atoms with E-state index in [0.29, 0.717) is 19.4 Å².